The summed E-state index contributed by atoms with van der Waals surface area (Å²) in [5.41, 5.74) is 0.605. The number of sulfone groups is 1. The molecule has 0 heterocycles. The van der Waals surface area contributed by atoms with Crippen LogP contribution >= 0.6 is 0 Å². The Morgan fingerprint density at radius 2 is 1.80 bits per heavy atom. The van der Waals surface area contributed by atoms with Crippen LogP contribution in [0, 0.1) is 5.92 Å². The predicted molar refractivity (Wildman–Crippen MR) is 80.5 cm³/mol. The maximum atomic E-state index is 11.9. The molecular formula is C14H22N2O3S. The molecule has 1 aromatic carbocycles. The summed E-state index contributed by atoms with van der Waals surface area (Å²) in [4.78, 5) is 12.2. The number of carbonyl (C=O) groups is 1. The highest BCUT2D eigenvalue weighted by molar-refractivity contribution is 7.91. The summed E-state index contributed by atoms with van der Waals surface area (Å²) in [5, 5.41) is 5.88. The molecule has 0 radical (unpaired) electrons. The molecule has 0 aliphatic rings. The molecule has 0 aromatic heterocycles. The molecule has 20 heavy (non-hydrogen) atoms. The van der Waals surface area contributed by atoms with Gasteiger partial charge in [-0.25, -0.2) is 8.42 Å². The molecule has 0 bridgehead atoms. The van der Waals surface area contributed by atoms with E-state index in [1.54, 1.807) is 19.1 Å². The lowest BCUT2D eigenvalue weighted by Crippen LogP contribution is -2.30. The Kier molecular flexibility index (Phi) is 6.16. The number of anilines is 1. The van der Waals surface area contributed by atoms with Crippen molar-refractivity contribution in [1.29, 1.82) is 0 Å². The molecule has 1 aromatic rings. The number of carbonyl (C=O) groups excluding carboxylic acids is 1. The summed E-state index contributed by atoms with van der Waals surface area (Å²) in [6.07, 6.45) is 0. The van der Waals surface area contributed by atoms with E-state index in [2.05, 4.69) is 10.6 Å². The van der Waals surface area contributed by atoms with Crippen LogP contribution < -0.4 is 10.6 Å². The fourth-order valence-electron chi connectivity index (χ4n) is 1.63. The number of amides is 1. The lowest BCUT2D eigenvalue weighted by atomic mass is 10.1. The van der Waals surface area contributed by atoms with E-state index >= 15 is 0 Å². The quantitative estimate of drug-likeness (QED) is 0.803. The monoisotopic (exact) mass is 298 g/mol. The summed E-state index contributed by atoms with van der Waals surface area (Å²) in [5.74, 6) is -0.163. The fraction of sp³-hybridized carbons (Fsp3) is 0.500. The molecule has 0 aliphatic heterocycles. The fourth-order valence-corrected chi connectivity index (χ4v) is 2.52. The Labute approximate surface area is 120 Å². The summed E-state index contributed by atoms with van der Waals surface area (Å²) in [6.45, 7) is 6.87. The number of hydrogen-bond donors (Lipinski definition) is 2. The third-order valence-corrected chi connectivity index (χ3v) is 4.76. The van der Waals surface area contributed by atoms with Gasteiger partial charge in [-0.1, -0.05) is 20.8 Å². The summed E-state index contributed by atoms with van der Waals surface area (Å²) in [6, 6.07) is 6.26. The standard InChI is InChI=1S/C14H22N2O3S/c1-4-15-10-11(3)14(17)16-12-6-8-13(9-7-12)20(18,19)5-2/h6-9,11,15H,4-5,10H2,1-3H3,(H,16,17). The van der Waals surface area contributed by atoms with Gasteiger partial charge in [0.2, 0.25) is 5.91 Å². The van der Waals surface area contributed by atoms with Gasteiger partial charge in [-0.15, -0.1) is 0 Å². The van der Waals surface area contributed by atoms with Gasteiger partial charge in [-0.2, -0.15) is 0 Å². The van der Waals surface area contributed by atoms with Gasteiger partial charge in [-0.3, -0.25) is 4.79 Å². The van der Waals surface area contributed by atoms with Gasteiger partial charge >= 0.3 is 0 Å². The zero-order valence-electron chi connectivity index (χ0n) is 12.1. The second-order valence-corrected chi connectivity index (χ2v) is 6.90. The van der Waals surface area contributed by atoms with E-state index in [1.807, 2.05) is 13.8 Å². The van der Waals surface area contributed by atoms with Gasteiger partial charge in [-0.05, 0) is 30.8 Å². The molecule has 6 heteroatoms. The highest BCUT2D eigenvalue weighted by Crippen LogP contribution is 2.15. The predicted octanol–water partition coefficient (Wildman–Crippen LogP) is 1.66. The zero-order chi connectivity index (χ0) is 15.2. The van der Waals surface area contributed by atoms with Crippen LogP contribution in [0.1, 0.15) is 20.8 Å². The van der Waals surface area contributed by atoms with Gasteiger partial charge < -0.3 is 10.6 Å². The molecule has 0 saturated heterocycles. The Morgan fingerprint density at radius 1 is 1.20 bits per heavy atom. The van der Waals surface area contributed by atoms with Crippen LogP contribution in [0.3, 0.4) is 0 Å². The number of rotatable bonds is 7. The highest BCUT2D eigenvalue weighted by atomic mass is 32.2. The highest BCUT2D eigenvalue weighted by Gasteiger charge is 2.14. The third kappa shape index (κ3) is 4.61. The number of hydrogen-bond acceptors (Lipinski definition) is 4. The van der Waals surface area contributed by atoms with Crippen molar-refractivity contribution in [3.05, 3.63) is 24.3 Å². The Balaban J connectivity index is 2.68. The first-order chi connectivity index (χ1) is 9.40. The van der Waals surface area contributed by atoms with E-state index in [-0.39, 0.29) is 22.5 Å². The van der Waals surface area contributed by atoms with E-state index in [9.17, 15) is 13.2 Å². The van der Waals surface area contributed by atoms with Crippen molar-refractivity contribution >= 4 is 21.4 Å². The largest absolute Gasteiger partial charge is 0.326 e. The van der Waals surface area contributed by atoms with Crippen molar-refractivity contribution in [2.45, 2.75) is 25.7 Å². The second-order valence-electron chi connectivity index (χ2n) is 4.63. The van der Waals surface area contributed by atoms with Crippen molar-refractivity contribution < 1.29 is 13.2 Å². The molecule has 0 aliphatic carbocycles. The van der Waals surface area contributed by atoms with Gasteiger partial charge in [0, 0.05) is 18.2 Å². The molecule has 0 spiro atoms. The van der Waals surface area contributed by atoms with Crippen LogP contribution in [0.5, 0.6) is 0 Å². The van der Waals surface area contributed by atoms with Crippen LogP contribution in [0.2, 0.25) is 0 Å². The van der Waals surface area contributed by atoms with Crippen LogP contribution in [-0.2, 0) is 14.6 Å². The third-order valence-electron chi connectivity index (χ3n) is 3.01. The molecule has 1 unspecified atom stereocenters. The molecule has 1 rings (SSSR count). The average Bonchev–Trinajstić information content (AvgIpc) is 2.45. The minimum Gasteiger partial charge on any atom is -0.326 e. The maximum absolute atomic E-state index is 11.9. The first-order valence-electron chi connectivity index (χ1n) is 6.75. The van der Waals surface area contributed by atoms with Crippen LogP contribution in [0.4, 0.5) is 5.69 Å². The topological polar surface area (TPSA) is 75.3 Å². The normalized spacial score (nSPS) is 12.9. The van der Waals surface area contributed by atoms with Crippen molar-refractivity contribution in [2.24, 2.45) is 5.92 Å². The van der Waals surface area contributed by atoms with E-state index in [1.165, 1.54) is 12.1 Å². The van der Waals surface area contributed by atoms with Crippen molar-refractivity contribution in [3.8, 4) is 0 Å². The molecule has 0 fully saturated rings. The Morgan fingerprint density at radius 3 is 2.30 bits per heavy atom. The zero-order valence-corrected chi connectivity index (χ0v) is 13.0. The minimum absolute atomic E-state index is 0.0679. The molecule has 0 saturated carbocycles. The van der Waals surface area contributed by atoms with E-state index in [4.69, 9.17) is 0 Å². The van der Waals surface area contributed by atoms with Crippen molar-refractivity contribution in [3.63, 3.8) is 0 Å². The van der Waals surface area contributed by atoms with Crippen LogP contribution in [0.25, 0.3) is 0 Å². The average molecular weight is 298 g/mol. The van der Waals surface area contributed by atoms with E-state index in [0.29, 0.717) is 12.2 Å². The lowest BCUT2D eigenvalue weighted by Gasteiger charge is -2.12. The first kappa shape index (κ1) is 16.7. The SMILES string of the molecule is CCNCC(C)C(=O)Nc1ccc(S(=O)(=O)CC)cc1. The first-order valence-corrected chi connectivity index (χ1v) is 8.40. The summed E-state index contributed by atoms with van der Waals surface area (Å²) >= 11 is 0. The lowest BCUT2D eigenvalue weighted by molar-refractivity contribution is -0.119. The molecular weight excluding hydrogens is 276 g/mol. The molecule has 1 atom stereocenters. The maximum Gasteiger partial charge on any atom is 0.228 e. The molecule has 2 N–H and O–H groups in total. The number of nitrogens with one attached hydrogen (secondary N) is 2. The summed E-state index contributed by atoms with van der Waals surface area (Å²) < 4.78 is 23.3. The van der Waals surface area contributed by atoms with Gasteiger partial charge in [0.1, 0.15) is 0 Å². The van der Waals surface area contributed by atoms with Crippen molar-refractivity contribution in [1.82, 2.24) is 5.32 Å². The Hall–Kier alpha value is -1.40. The minimum atomic E-state index is -3.19. The molecule has 5 nitrogen and oxygen atoms in total. The van der Waals surface area contributed by atoms with E-state index < -0.39 is 9.84 Å². The Bertz CT molecular complexity index is 538. The van der Waals surface area contributed by atoms with Gasteiger partial charge in [0.05, 0.1) is 10.6 Å². The number of benzene rings is 1. The van der Waals surface area contributed by atoms with Gasteiger partial charge in [0.15, 0.2) is 9.84 Å². The van der Waals surface area contributed by atoms with Gasteiger partial charge in [0.25, 0.3) is 0 Å². The van der Waals surface area contributed by atoms with E-state index in [0.717, 1.165) is 6.54 Å². The van der Waals surface area contributed by atoms with Crippen LogP contribution in [0.15, 0.2) is 29.2 Å². The van der Waals surface area contributed by atoms with Crippen molar-refractivity contribution in [2.75, 3.05) is 24.2 Å². The summed E-state index contributed by atoms with van der Waals surface area (Å²) in [7, 11) is -3.19. The smallest absolute Gasteiger partial charge is 0.228 e. The van der Waals surface area contributed by atoms with Crippen LogP contribution in [-0.4, -0.2) is 33.2 Å². The second kappa shape index (κ2) is 7.40. The molecule has 1 amide bonds. The molecule has 112 valence electrons.